The quantitative estimate of drug-likeness (QED) is 0.844. The zero-order chi connectivity index (χ0) is 13.7. The first-order valence-corrected chi connectivity index (χ1v) is 7.06. The van der Waals surface area contributed by atoms with Gasteiger partial charge in [0.05, 0.1) is 0 Å². The normalized spacial score (nSPS) is 17.9. The first-order valence-electron chi connectivity index (χ1n) is 6.18. The molecule has 1 amide bonds. The standard InChI is InChI=1S/C12H16F2N2O2S.ClH/c13-12(14)18-9-3-6-19-10(9)11(17)16-5-2-8-1-4-15-7-8;/h3,6,8,12,15H,1-2,4-5,7H2,(H,16,17);1H. The molecule has 0 spiro atoms. The molecule has 1 atom stereocenters. The maximum Gasteiger partial charge on any atom is 0.387 e. The van der Waals surface area contributed by atoms with Crippen molar-refractivity contribution in [3.63, 3.8) is 0 Å². The molecule has 1 fully saturated rings. The number of nitrogens with one attached hydrogen (secondary N) is 2. The van der Waals surface area contributed by atoms with Crippen molar-refractivity contribution in [3.8, 4) is 5.75 Å². The van der Waals surface area contributed by atoms with Crippen LogP contribution in [0.3, 0.4) is 0 Å². The molecule has 1 aromatic rings. The predicted molar refractivity (Wildman–Crippen MR) is 76.1 cm³/mol. The summed E-state index contributed by atoms with van der Waals surface area (Å²) in [4.78, 5) is 12.0. The maximum atomic E-state index is 12.1. The van der Waals surface area contributed by atoms with Crippen LogP contribution < -0.4 is 15.4 Å². The fourth-order valence-electron chi connectivity index (χ4n) is 2.08. The largest absolute Gasteiger partial charge is 0.433 e. The Morgan fingerprint density at radius 2 is 2.40 bits per heavy atom. The van der Waals surface area contributed by atoms with E-state index >= 15 is 0 Å². The summed E-state index contributed by atoms with van der Waals surface area (Å²) in [6.07, 6.45) is 2.02. The molecule has 1 unspecified atom stereocenters. The zero-order valence-electron chi connectivity index (χ0n) is 10.7. The molecule has 1 saturated heterocycles. The van der Waals surface area contributed by atoms with Gasteiger partial charge >= 0.3 is 6.61 Å². The predicted octanol–water partition coefficient (Wildman–Crippen LogP) is 2.50. The van der Waals surface area contributed by atoms with Crippen LogP contribution in [0.2, 0.25) is 0 Å². The van der Waals surface area contributed by atoms with Crippen LogP contribution in [0.1, 0.15) is 22.5 Å². The Hall–Kier alpha value is -0.920. The SMILES string of the molecule is Cl.O=C(NCCC1CCNC1)c1sccc1OC(F)F. The number of hydrogen-bond donors (Lipinski definition) is 2. The van der Waals surface area contributed by atoms with E-state index in [1.165, 1.54) is 6.07 Å². The number of carbonyl (C=O) groups excluding carboxylic acids is 1. The summed E-state index contributed by atoms with van der Waals surface area (Å²) < 4.78 is 28.6. The van der Waals surface area contributed by atoms with E-state index in [2.05, 4.69) is 15.4 Å². The zero-order valence-corrected chi connectivity index (χ0v) is 12.4. The second-order valence-electron chi connectivity index (χ2n) is 4.40. The molecule has 2 heterocycles. The van der Waals surface area contributed by atoms with Crippen LogP contribution in [0.15, 0.2) is 11.4 Å². The van der Waals surface area contributed by atoms with Crippen LogP contribution in [0, 0.1) is 5.92 Å². The third-order valence-electron chi connectivity index (χ3n) is 3.05. The summed E-state index contributed by atoms with van der Waals surface area (Å²) in [6, 6.07) is 1.38. The van der Waals surface area contributed by atoms with Crippen LogP contribution in [-0.2, 0) is 0 Å². The van der Waals surface area contributed by atoms with Crippen molar-refractivity contribution < 1.29 is 18.3 Å². The summed E-state index contributed by atoms with van der Waals surface area (Å²) in [5.41, 5.74) is 0. The molecule has 1 aliphatic rings. The summed E-state index contributed by atoms with van der Waals surface area (Å²) in [5, 5.41) is 7.56. The lowest BCUT2D eigenvalue weighted by Crippen LogP contribution is -2.26. The van der Waals surface area contributed by atoms with Gasteiger partial charge in [0.2, 0.25) is 0 Å². The van der Waals surface area contributed by atoms with Gasteiger partial charge in [0.15, 0.2) is 0 Å². The number of thiophene rings is 1. The molecule has 8 heteroatoms. The van der Waals surface area contributed by atoms with Gasteiger partial charge in [-0.1, -0.05) is 0 Å². The van der Waals surface area contributed by atoms with Gasteiger partial charge < -0.3 is 15.4 Å². The van der Waals surface area contributed by atoms with E-state index in [4.69, 9.17) is 0 Å². The van der Waals surface area contributed by atoms with Crippen molar-refractivity contribution in [3.05, 3.63) is 16.3 Å². The van der Waals surface area contributed by atoms with Crippen molar-refractivity contribution in [2.24, 2.45) is 5.92 Å². The van der Waals surface area contributed by atoms with Gasteiger partial charge in [0, 0.05) is 6.54 Å². The van der Waals surface area contributed by atoms with Crippen LogP contribution in [0.4, 0.5) is 8.78 Å². The van der Waals surface area contributed by atoms with Crippen LogP contribution >= 0.6 is 23.7 Å². The van der Waals surface area contributed by atoms with Crippen molar-refractivity contribution in [2.75, 3.05) is 19.6 Å². The van der Waals surface area contributed by atoms with Crippen LogP contribution in [0.5, 0.6) is 5.75 Å². The van der Waals surface area contributed by atoms with Crippen molar-refractivity contribution in [1.82, 2.24) is 10.6 Å². The molecule has 0 saturated carbocycles. The number of alkyl halides is 2. The molecule has 0 aromatic carbocycles. The van der Waals surface area contributed by atoms with E-state index in [-0.39, 0.29) is 28.9 Å². The Morgan fingerprint density at radius 3 is 3.05 bits per heavy atom. The van der Waals surface area contributed by atoms with Gasteiger partial charge in [-0.15, -0.1) is 23.7 Å². The second-order valence-corrected chi connectivity index (χ2v) is 5.31. The summed E-state index contributed by atoms with van der Waals surface area (Å²) in [5.74, 6) is 0.178. The molecule has 0 radical (unpaired) electrons. The smallest absolute Gasteiger partial charge is 0.387 e. The van der Waals surface area contributed by atoms with E-state index < -0.39 is 6.61 Å². The van der Waals surface area contributed by atoms with Gasteiger partial charge in [-0.25, -0.2) is 0 Å². The Morgan fingerprint density at radius 1 is 1.60 bits per heavy atom. The second kappa shape index (κ2) is 8.39. The Balaban J connectivity index is 0.00000200. The number of halogens is 3. The van der Waals surface area contributed by atoms with Gasteiger partial charge in [-0.2, -0.15) is 8.78 Å². The van der Waals surface area contributed by atoms with Crippen molar-refractivity contribution in [2.45, 2.75) is 19.5 Å². The highest BCUT2D eigenvalue weighted by Gasteiger charge is 2.18. The minimum atomic E-state index is -2.91. The van der Waals surface area contributed by atoms with Gasteiger partial charge in [-0.3, -0.25) is 4.79 Å². The fourth-order valence-corrected chi connectivity index (χ4v) is 2.82. The average Bonchev–Trinajstić information content (AvgIpc) is 2.99. The molecule has 2 rings (SSSR count). The molecule has 2 N–H and O–H groups in total. The van der Waals surface area contributed by atoms with Gasteiger partial charge in [0.25, 0.3) is 5.91 Å². The number of carbonyl (C=O) groups is 1. The number of amides is 1. The van der Waals surface area contributed by atoms with E-state index in [0.29, 0.717) is 12.5 Å². The Bertz CT molecular complexity index is 425. The minimum absolute atomic E-state index is 0. The number of rotatable bonds is 6. The molecule has 4 nitrogen and oxygen atoms in total. The van der Waals surface area contributed by atoms with Crippen LogP contribution in [-0.4, -0.2) is 32.2 Å². The first-order chi connectivity index (χ1) is 9.16. The third kappa shape index (κ3) is 4.88. The highest BCUT2D eigenvalue weighted by Crippen LogP contribution is 2.26. The summed E-state index contributed by atoms with van der Waals surface area (Å²) in [6.45, 7) is -0.354. The summed E-state index contributed by atoms with van der Waals surface area (Å²) >= 11 is 1.10. The molecule has 20 heavy (non-hydrogen) atoms. The van der Waals surface area contributed by atoms with Crippen molar-refractivity contribution >= 4 is 29.7 Å². The lowest BCUT2D eigenvalue weighted by atomic mass is 10.1. The lowest BCUT2D eigenvalue weighted by Gasteiger charge is -2.09. The fraction of sp³-hybridized carbons (Fsp3) is 0.583. The molecular formula is C12H17ClF2N2O2S. The van der Waals surface area contributed by atoms with Gasteiger partial charge in [0.1, 0.15) is 10.6 Å². The Labute approximate surface area is 126 Å². The Kier molecular flexibility index (Phi) is 7.18. The third-order valence-corrected chi connectivity index (χ3v) is 3.95. The average molecular weight is 327 g/mol. The lowest BCUT2D eigenvalue weighted by molar-refractivity contribution is -0.0498. The van der Waals surface area contributed by atoms with Gasteiger partial charge in [-0.05, 0) is 43.3 Å². The molecule has 0 bridgehead atoms. The minimum Gasteiger partial charge on any atom is -0.433 e. The highest BCUT2D eigenvalue weighted by atomic mass is 35.5. The maximum absolute atomic E-state index is 12.1. The topological polar surface area (TPSA) is 50.4 Å². The first kappa shape index (κ1) is 17.1. The molecule has 1 aromatic heterocycles. The summed E-state index contributed by atoms with van der Waals surface area (Å²) in [7, 11) is 0. The number of hydrogen-bond acceptors (Lipinski definition) is 4. The highest BCUT2D eigenvalue weighted by molar-refractivity contribution is 7.12. The molecular weight excluding hydrogens is 310 g/mol. The van der Waals surface area contributed by atoms with E-state index in [0.717, 1.165) is 37.3 Å². The van der Waals surface area contributed by atoms with Crippen molar-refractivity contribution in [1.29, 1.82) is 0 Å². The molecule has 1 aliphatic heterocycles. The van der Waals surface area contributed by atoms with E-state index in [1.54, 1.807) is 5.38 Å². The van der Waals surface area contributed by atoms with E-state index in [1.807, 2.05) is 0 Å². The molecule has 0 aliphatic carbocycles. The van der Waals surface area contributed by atoms with E-state index in [9.17, 15) is 13.6 Å². The van der Waals surface area contributed by atoms with Crippen LogP contribution in [0.25, 0.3) is 0 Å². The monoisotopic (exact) mass is 326 g/mol. The molecule has 114 valence electrons. The number of ether oxygens (including phenoxy) is 1.